The lowest BCUT2D eigenvalue weighted by atomic mass is 9.96. The largest absolute Gasteiger partial charge is 0.508 e. The number of hydrogen-bond donors (Lipinski definition) is 5. The van der Waals surface area contributed by atoms with Crippen LogP contribution in [0.2, 0.25) is 0 Å². The van der Waals surface area contributed by atoms with E-state index in [1.54, 1.807) is 18.2 Å². The van der Waals surface area contributed by atoms with Crippen LogP contribution < -0.4 is 10.6 Å². The van der Waals surface area contributed by atoms with Crippen molar-refractivity contribution in [3.05, 3.63) is 89.0 Å². The highest BCUT2D eigenvalue weighted by Crippen LogP contribution is 2.33. The summed E-state index contributed by atoms with van der Waals surface area (Å²) < 4.78 is 0. The first kappa shape index (κ1) is 28.5. The first-order valence-corrected chi connectivity index (χ1v) is 13.9. The van der Waals surface area contributed by atoms with Crippen LogP contribution in [0.5, 0.6) is 17.2 Å². The van der Waals surface area contributed by atoms with Crippen molar-refractivity contribution >= 4 is 0 Å². The van der Waals surface area contributed by atoms with E-state index in [0.717, 1.165) is 81.4 Å². The van der Waals surface area contributed by atoms with Gasteiger partial charge in [0.25, 0.3) is 0 Å². The van der Waals surface area contributed by atoms with Crippen molar-refractivity contribution < 1.29 is 15.3 Å². The van der Waals surface area contributed by atoms with E-state index in [9.17, 15) is 15.3 Å². The molecule has 0 unspecified atom stereocenters. The quantitative estimate of drug-likeness (QED) is 0.110. The molecule has 5 N–H and O–H groups in total. The predicted octanol–water partition coefficient (Wildman–Crippen LogP) is 5.89. The van der Waals surface area contributed by atoms with Crippen LogP contribution in [0.3, 0.4) is 0 Å². The molecule has 0 atom stereocenters. The van der Waals surface area contributed by atoms with Crippen LogP contribution in [0.15, 0.2) is 66.7 Å². The van der Waals surface area contributed by atoms with Gasteiger partial charge in [0.05, 0.1) is 0 Å². The van der Waals surface area contributed by atoms with E-state index in [0.29, 0.717) is 5.75 Å². The van der Waals surface area contributed by atoms with Gasteiger partial charge >= 0.3 is 0 Å². The highest BCUT2D eigenvalue weighted by molar-refractivity contribution is 5.49. The lowest BCUT2D eigenvalue weighted by Crippen LogP contribution is -2.20. The van der Waals surface area contributed by atoms with Gasteiger partial charge in [0, 0.05) is 5.56 Å². The molecule has 3 aromatic carbocycles. The number of benzene rings is 3. The fourth-order valence-corrected chi connectivity index (χ4v) is 4.73. The average molecular weight is 505 g/mol. The van der Waals surface area contributed by atoms with Crippen LogP contribution in [-0.2, 0) is 25.7 Å². The standard InChI is InChI=1S/C32H44N2O3/c35-29-15-10-14-27(25-29)13-6-7-16-30-28(17-18-31(36)32(30)37)20-24-34-22-9-2-1-8-21-33-23-19-26-11-4-3-5-12-26/h3-5,10-12,14-15,17-18,25,33-37H,1-2,6-9,13,16,19-24H2. The maximum atomic E-state index is 10.5. The summed E-state index contributed by atoms with van der Waals surface area (Å²) in [6.45, 7) is 3.99. The summed E-state index contributed by atoms with van der Waals surface area (Å²) in [5, 5.41) is 37.2. The topological polar surface area (TPSA) is 84.8 Å². The minimum Gasteiger partial charge on any atom is -0.508 e. The number of phenolic OH excluding ortho intramolecular Hbond substituents is 3. The van der Waals surface area contributed by atoms with Gasteiger partial charge < -0.3 is 26.0 Å². The third-order valence-corrected chi connectivity index (χ3v) is 6.87. The molecule has 0 saturated carbocycles. The highest BCUT2D eigenvalue weighted by Gasteiger charge is 2.12. The van der Waals surface area contributed by atoms with Crippen LogP contribution >= 0.6 is 0 Å². The molecule has 0 saturated heterocycles. The first-order valence-electron chi connectivity index (χ1n) is 13.9. The van der Waals surface area contributed by atoms with Crippen molar-refractivity contribution in [1.82, 2.24) is 10.6 Å². The predicted molar refractivity (Wildman–Crippen MR) is 153 cm³/mol. The molecule has 0 aromatic heterocycles. The number of aromatic hydroxyl groups is 3. The molecule has 0 aliphatic carbocycles. The second-order valence-electron chi connectivity index (χ2n) is 9.85. The summed E-state index contributed by atoms with van der Waals surface area (Å²) in [5.74, 6) is 0.269. The Balaban J connectivity index is 1.25. The molecule has 5 nitrogen and oxygen atoms in total. The number of aryl methyl sites for hydroxylation is 1. The van der Waals surface area contributed by atoms with Crippen LogP contribution in [0.1, 0.15) is 60.8 Å². The fourth-order valence-electron chi connectivity index (χ4n) is 4.73. The van der Waals surface area contributed by atoms with Gasteiger partial charge in [-0.1, -0.05) is 61.4 Å². The van der Waals surface area contributed by atoms with Crippen molar-refractivity contribution in [3.63, 3.8) is 0 Å². The van der Waals surface area contributed by atoms with E-state index in [4.69, 9.17) is 0 Å². The summed E-state index contributed by atoms with van der Waals surface area (Å²) in [5.41, 5.74) is 4.46. The molecule has 0 amide bonds. The van der Waals surface area contributed by atoms with E-state index >= 15 is 0 Å². The highest BCUT2D eigenvalue weighted by atomic mass is 16.3. The van der Waals surface area contributed by atoms with E-state index in [1.165, 1.54) is 31.2 Å². The van der Waals surface area contributed by atoms with E-state index < -0.39 is 0 Å². The summed E-state index contributed by atoms with van der Waals surface area (Å²) in [4.78, 5) is 0. The molecule has 0 heterocycles. The van der Waals surface area contributed by atoms with Crippen molar-refractivity contribution in [2.45, 2.75) is 64.2 Å². The van der Waals surface area contributed by atoms with Gasteiger partial charge in [-0.15, -0.1) is 0 Å². The van der Waals surface area contributed by atoms with Gasteiger partial charge in [-0.2, -0.15) is 0 Å². The Bertz CT molecular complexity index is 1040. The van der Waals surface area contributed by atoms with E-state index in [-0.39, 0.29) is 11.5 Å². The number of phenols is 3. The summed E-state index contributed by atoms with van der Waals surface area (Å²) in [7, 11) is 0. The number of hydrogen-bond acceptors (Lipinski definition) is 5. The van der Waals surface area contributed by atoms with Crippen LogP contribution in [0.25, 0.3) is 0 Å². The van der Waals surface area contributed by atoms with Crippen LogP contribution in [-0.4, -0.2) is 41.5 Å². The van der Waals surface area contributed by atoms with Crippen LogP contribution in [0, 0.1) is 0 Å². The molecule has 3 aromatic rings. The van der Waals surface area contributed by atoms with Crippen LogP contribution in [0.4, 0.5) is 0 Å². The smallest absolute Gasteiger partial charge is 0.160 e. The van der Waals surface area contributed by atoms with Crippen molar-refractivity contribution in [2.75, 3.05) is 26.2 Å². The minimum absolute atomic E-state index is 0.0206. The summed E-state index contributed by atoms with van der Waals surface area (Å²) >= 11 is 0. The van der Waals surface area contributed by atoms with Gasteiger partial charge in [-0.05, 0) is 112 Å². The zero-order valence-electron chi connectivity index (χ0n) is 22.1. The molecule has 0 spiro atoms. The van der Waals surface area contributed by atoms with Gasteiger partial charge in [0.15, 0.2) is 11.5 Å². The number of nitrogens with one attached hydrogen (secondary N) is 2. The lowest BCUT2D eigenvalue weighted by Gasteiger charge is -2.13. The molecule has 0 fully saturated rings. The van der Waals surface area contributed by atoms with E-state index in [1.807, 2.05) is 18.2 Å². The molecule has 0 aliphatic rings. The average Bonchev–Trinajstić information content (AvgIpc) is 2.91. The zero-order chi connectivity index (χ0) is 26.1. The van der Waals surface area contributed by atoms with Gasteiger partial charge in [-0.25, -0.2) is 0 Å². The Hall–Kier alpha value is -3.02. The number of rotatable bonds is 18. The molecule has 5 heteroatoms. The van der Waals surface area contributed by atoms with E-state index in [2.05, 4.69) is 41.0 Å². The zero-order valence-corrected chi connectivity index (χ0v) is 22.1. The van der Waals surface area contributed by atoms with Gasteiger partial charge in [0.2, 0.25) is 0 Å². The third kappa shape index (κ3) is 10.9. The SMILES string of the molecule is Oc1cccc(CCCCc2c(CCNCCCCCCNCCc3ccccc3)ccc(O)c2O)c1. The first-order chi connectivity index (χ1) is 18.1. The molecule has 3 rings (SSSR count). The normalized spacial score (nSPS) is 11.1. The molecular weight excluding hydrogens is 460 g/mol. The minimum atomic E-state index is -0.0470. The number of unbranched alkanes of at least 4 members (excludes halogenated alkanes) is 4. The third-order valence-electron chi connectivity index (χ3n) is 6.87. The molecule has 200 valence electrons. The van der Waals surface area contributed by atoms with Crippen molar-refractivity contribution in [2.24, 2.45) is 0 Å². The Morgan fingerprint density at radius 3 is 1.92 bits per heavy atom. The summed E-state index contributed by atoms with van der Waals surface area (Å²) in [6, 6.07) is 21.5. The molecular formula is C32H44N2O3. The lowest BCUT2D eigenvalue weighted by molar-refractivity contribution is 0.397. The Morgan fingerprint density at radius 2 is 1.19 bits per heavy atom. The second kappa shape index (κ2) is 16.7. The molecule has 0 radical (unpaired) electrons. The van der Waals surface area contributed by atoms with Crippen molar-refractivity contribution in [3.8, 4) is 17.2 Å². The van der Waals surface area contributed by atoms with Gasteiger partial charge in [-0.3, -0.25) is 0 Å². The maximum absolute atomic E-state index is 10.5. The van der Waals surface area contributed by atoms with Crippen molar-refractivity contribution in [1.29, 1.82) is 0 Å². The fraction of sp³-hybridized carbons (Fsp3) is 0.438. The molecule has 0 bridgehead atoms. The Labute approximate surface area is 222 Å². The van der Waals surface area contributed by atoms with Gasteiger partial charge in [0.1, 0.15) is 5.75 Å². The Morgan fingerprint density at radius 1 is 0.514 bits per heavy atom. The second-order valence-corrected chi connectivity index (χ2v) is 9.85. The molecule has 37 heavy (non-hydrogen) atoms. The summed E-state index contributed by atoms with van der Waals surface area (Å²) in [6.07, 6.45) is 10.3. The monoisotopic (exact) mass is 504 g/mol. The molecule has 0 aliphatic heterocycles. The maximum Gasteiger partial charge on any atom is 0.160 e. The Kier molecular flexibility index (Phi) is 12.9.